The second kappa shape index (κ2) is 8.35. The maximum Gasteiger partial charge on any atom is 0.347 e. The number of thiophene rings is 1. The van der Waals surface area contributed by atoms with Crippen LogP contribution in [0.3, 0.4) is 0 Å². The third-order valence-electron chi connectivity index (χ3n) is 3.61. The van der Waals surface area contributed by atoms with Crippen LogP contribution in [0.4, 0.5) is 10.7 Å². The van der Waals surface area contributed by atoms with Gasteiger partial charge >= 0.3 is 5.97 Å². The van der Waals surface area contributed by atoms with Crippen molar-refractivity contribution in [3.63, 3.8) is 0 Å². The molecule has 28 heavy (non-hydrogen) atoms. The van der Waals surface area contributed by atoms with E-state index >= 15 is 0 Å². The molecular weight excluding hydrogens is 386 g/mol. The number of amides is 2. The third kappa shape index (κ3) is 4.35. The molecule has 0 saturated carbocycles. The smallest absolute Gasteiger partial charge is 0.347 e. The molecule has 2 heterocycles. The first-order chi connectivity index (χ1) is 13.5. The number of carbonyl (C=O) groups is 4. The van der Waals surface area contributed by atoms with Gasteiger partial charge in [0.25, 0.3) is 11.8 Å². The molecule has 0 fully saturated rings. The zero-order valence-electron chi connectivity index (χ0n) is 14.4. The van der Waals surface area contributed by atoms with Crippen LogP contribution in [0.15, 0.2) is 53.2 Å². The van der Waals surface area contributed by atoms with Gasteiger partial charge in [0.15, 0.2) is 18.8 Å². The lowest BCUT2D eigenvalue weighted by Gasteiger charge is -2.09. The van der Waals surface area contributed by atoms with Crippen molar-refractivity contribution in [1.29, 1.82) is 0 Å². The Morgan fingerprint density at radius 2 is 1.93 bits per heavy atom. The minimum absolute atomic E-state index is 0.0316. The maximum absolute atomic E-state index is 12.3. The molecule has 2 aromatic rings. The van der Waals surface area contributed by atoms with Crippen LogP contribution in [0, 0.1) is 0 Å². The number of anilines is 2. The van der Waals surface area contributed by atoms with Crippen LogP contribution in [-0.4, -0.2) is 36.8 Å². The summed E-state index contributed by atoms with van der Waals surface area (Å²) in [5, 5.41) is 7.10. The summed E-state index contributed by atoms with van der Waals surface area (Å²) >= 11 is 1.10. The number of nitrogens with one attached hydrogen (secondary N) is 2. The lowest BCUT2D eigenvalue weighted by Crippen LogP contribution is -2.24. The second-order valence-corrected chi connectivity index (χ2v) is 6.48. The maximum atomic E-state index is 12.3. The van der Waals surface area contributed by atoms with Gasteiger partial charge < -0.3 is 25.8 Å². The quantitative estimate of drug-likeness (QED) is 0.469. The Kier molecular flexibility index (Phi) is 5.70. The SMILES string of the molecule is NC(=O)c1ccsc1NC(=O)COC(=O)C1=C(Nc2ccccc2)OCC1=O. The highest BCUT2D eigenvalue weighted by atomic mass is 32.1. The zero-order chi connectivity index (χ0) is 20.1. The summed E-state index contributed by atoms with van der Waals surface area (Å²) in [5.41, 5.74) is 5.67. The van der Waals surface area contributed by atoms with Gasteiger partial charge in [0.05, 0.1) is 5.56 Å². The van der Waals surface area contributed by atoms with Gasteiger partial charge in [-0.3, -0.25) is 14.4 Å². The summed E-state index contributed by atoms with van der Waals surface area (Å²) in [6.45, 7) is -0.951. The van der Waals surface area contributed by atoms with Gasteiger partial charge in [-0.05, 0) is 23.6 Å². The average molecular weight is 401 g/mol. The Morgan fingerprint density at radius 3 is 2.64 bits per heavy atom. The molecule has 10 heteroatoms. The van der Waals surface area contributed by atoms with Crippen molar-refractivity contribution < 1.29 is 28.7 Å². The van der Waals surface area contributed by atoms with E-state index in [1.54, 1.807) is 29.6 Å². The van der Waals surface area contributed by atoms with Crippen LogP contribution in [-0.2, 0) is 23.9 Å². The van der Waals surface area contributed by atoms with E-state index in [2.05, 4.69) is 10.6 Å². The van der Waals surface area contributed by atoms with Crippen LogP contribution >= 0.6 is 11.3 Å². The highest BCUT2D eigenvalue weighted by Gasteiger charge is 2.33. The summed E-state index contributed by atoms with van der Waals surface area (Å²) in [4.78, 5) is 47.5. The van der Waals surface area contributed by atoms with Gasteiger partial charge in [0.2, 0.25) is 11.7 Å². The van der Waals surface area contributed by atoms with Gasteiger partial charge in [-0.1, -0.05) is 18.2 Å². The van der Waals surface area contributed by atoms with E-state index in [1.165, 1.54) is 6.07 Å². The number of nitrogens with two attached hydrogens (primary N) is 1. The number of carbonyl (C=O) groups excluding carboxylic acids is 4. The average Bonchev–Trinajstić information content (AvgIpc) is 3.27. The number of rotatable bonds is 7. The third-order valence-corrected chi connectivity index (χ3v) is 4.44. The second-order valence-electron chi connectivity index (χ2n) is 5.56. The van der Waals surface area contributed by atoms with E-state index in [4.69, 9.17) is 15.2 Å². The van der Waals surface area contributed by atoms with E-state index in [0.29, 0.717) is 5.69 Å². The van der Waals surface area contributed by atoms with E-state index in [9.17, 15) is 19.2 Å². The van der Waals surface area contributed by atoms with Gasteiger partial charge in [0, 0.05) is 5.69 Å². The van der Waals surface area contributed by atoms with Crippen LogP contribution in [0.25, 0.3) is 0 Å². The first kappa shape index (κ1) is 19.1. The summed E-state index contributed by atoms with van der Waals surface area (Å²) < 4.78 is 10.1. The number of benzene rings is 1. The molecule has 1 aromatic heterocycles. The van der Waals surface area contributed by atoms with Crippen molar-refractivity contribution in [2.75, 3.05) is 23.8 Å². The Balaban J connectivity index is 1.63. The molecule has 0 radical (unpaired) electrons. The van der Waals surface area contributed by atoms with Crippen molar-refractivity contribution >= 4 is 45.6 Å². The Labute approximate surface area is 163 Å². The molecule has 0 unspecified atom stereocenters. The summed E-state index contributed by atoms with van der Waals surface area (Å²) in [6.07, 6.45) is 0. The number of para-hydroxylation sites is 1. The topological polar surface area (TPSA) is 137 Å². The number of hydrogen-bond donors (Lipinski definition) is 3. The molecular formula is C18H15N3O6S. The standard InChI is InChI=1S/C18H15N3O6S/c19-15(24)11-6-7-28-17(11)21-13(23)9-27-18(25)14-12(22)8-26-16(14)20-10-4-2-1-3-5-10/h1-7,20H,8-9H2,(H2,19,24)(H,21,23). The largest absolute Gasteiger partial charge is 0.470 e. The number of esters is 1. The molecule has 0 atom stereocenters. The fourth-order valence-corrected chi connectivity index (χ4v) is 3.14. The molecule has 9 nitrogen and oxygen atoms in total. The van der Waals surface area contributed by atoms with Gasteiger partial charge in [0.1, 0.15) is 5.00 Å². The number of hydrogen-bond acceptors (Lipinski definition) is 8. The molecule has 0 spiro atoms. The molecule has 1 aliphatic heterocycles. The predicted octanol–water partition coefficient (Wildman–Crippen LogP) is 1.25. The van der Waals surface area contributed by atoms with Crippen molar-refractivity contribution in [3.05, 3.63) is 58.8 Å². The normalized spacial score (nSPS) is 13.1. The van der Waals surface area contributed by atoms with E-state index in [-0.39, 0.29) is 28.6 Å². The van der Waals surface area contributed by atoms with Gasteiger partial charge in [-0.15, -0.1) is 11.3 Å². The predicted molar refractivity (Wildman–Crippen MR) is 100 cm³/mol. The number of primary amides is 1. The van der Waals surface area contributed by atoms with Crippen molar-refractivity contribution in [3.8, 4) is 0 Å². The van der Waals surface area contributed by atoms with Crippen LogP contribution in [0.5, 0.6) is 0 Å². The Morgan fingerprint density at radius 1 is 1.18 bits per heavy atom. The van der Waals surface area contributed by atoms with E-state index in [1.807, 2.05) is 6.07 Å². The minimum Gasteiger partial charge on any atom is -0.470 e. The molecule has 0 bridgehead atoms. The molecule has 1 aromatic carbocycles. The molecule has 0 saturated heterocycles. The molecule has 3 rings (SSSR count). The van der Waals surface area contributed by atoms with E-state index in [0.717, 1.165) is 11.3 Å². The first-order valence-corrected chi connectivity index (χ1v) is 8.90. The lowest BCUT2D eigenvalue weighted by molar-refractivity contribution is -0.144. The van der Waals surface area contributed by atoms with Crippen molar-refractivity contribution in [2.45, 2.75) is 0 Å². The Hall–Kier alpha value is -3.66. The van der Waals surface area contributed by atoms with Gasteiger partial charge in [-0.2, -0.15) is 0 Å². The fraction of sp³-hybridized carbons (Fsp3) is 0.111. The van der Waals surface area contributed by atoms with Gasteiger partial charge in [-0.25, -0.2) is 4.79 Å². The number of ketones is 1. The van der Waals surface area contributed by atoms with Crippen molar-refractivity contribution in [1.82, 2.24) is 0 Å². The molecule has 0 aliphatic carbocycles. The van der Waals surface area contributed by atoms with Crippen LogP contribution in [0.2, 0.25) is 0 Å². The highest BCUT2D eigenvalue weighted by Crippen LogP contribution is 2.23. The molecule has 2 amide bonds. The molecule has 4 N–H and O–H groups in total. The fourth-order valence-electron chi connectivity index (χ4n) is 2.33. The summed E-state index contributed by atoms with van der Waals surface area (Å²) in [7, 11) is 0. The van der Waals surface area contributed by atoms with Crippen molar-refractivity contribution in [2.24, 2.45) is 5.73 Å². The molecule has 144 valence electrons. The molecule has 1 aliphatic rings. The number of ether oxygens (including phenoxy) is 2. The first-order valence-electron chi connectivity index (χ1n) is 8.02. The zero-order valence-corrected chi connectivity index (χ0v) is 15.2. The summed E-state index contributed by atoms with van der Waals surface area (Å²) in [6, 6.07) is 10.3. The van der Waals surface area contributed by atoms with E-state index < -0.39 is 30.2 Å². The lowest BCUT2D eigenvalue weighted by atomic mass is 10.2. The monoisotopic (exact) mass is 401 g/mol. The Bertz CT molecular complexity index is 967. The van der Waals surface area contributed by atoms with Crippen LogP contribution in [0.1, 0.15) is 10.4 Å². The summed E-state index contributed by atoms with van der Waals surface area (Å²) in [5.74, 6) is -2.95. The minimum atomic E-state index is -0.989. The highest BCUT2D eigenvalue weighted by molar-refractivity contribution is 7.14. The number of Topliss-reactive ketones (excluding diaryl/α,β-unsaturated/α-hetero) is 1. The van der Waals surface area contributed by atoms with Crippen LogP contribution < -0.4 is 16.4 Å².